The van der Waals surface area contributed by atoms with Crippen molar-refractivity contribution >= 4 is 0 Å². The van der Waals surface area contributed by atoms with Crippen molar-refractivity contribution in [2.24, 2.45) is 11.3 Å². The van der Waals surface area contributed by atoms with Gasteiger partial charge in [0.25, 0.3) is 0 Å². The highest BCUT2D eigenvalue weighted by molar-refractivity contribution is 5.21. The van der Waals surface area contributed by atoms with Crippen LogP contribution in [-0.2, 0) is 4.74 Å². The van der Waals surface area contributed by atoms with Crippen molar-refractivity contribution in [2.45, 2.75) is 33.1 Å². The Labute approximate surface area is 98.8 Å². The minimum atomic E-state index is 0.365. The molecule has 0 spiro atoms. The third kappa shape index (κ3) is 2.46. The van der Waals surface area contributed by atoms with Crippen LogP contribution in [0.15, 0.2) is 30.3 Å². The highest BCUT2D eigenvalue weighted by Crippen LogP contribution is 2.42. The third-order valence-corrected chi connectivity index (χ3v) is 3.70. The average Bonchev–Trinajstić information content (AvgIpc) is 2.29. The largest absolute Gasteiger partial charge is 0.381 e. The van der Waals surface area contributed by atoms with Crippen molar-refractivity contribution < 1.29 is 4.74 Å². The maximum absolute atomic E-state index is 5.66. The Kier molecular flexibility index (Phi) is 3.34. The van der Waals surface area contributed by atoms with Gasteiger partial charge in [0, 0.05) is 12.5 Å². The Morgan fingerprint density at radius 3 is 2.44 bits per heavy atom. The molecule has 1 aliphatic rings. The van der Waals surface area contributed by atoms with Crippen molar-refractivity contribution in [1.82, 2.24) is 0 Å². The summed E-state index contributed by atoms with van der Waals surface area (Å²) in [5.41, 5.74) is 1.80. The van der Waals surface area contributed by atoms with Gasteiger partial charge in [0.2, 0.25) is 0 Å². The zero-order valence-electron chi connectivity index (χ0n) is 10.6. The molecule has 1 aromatic rings. The van der Waals surface area contributed by atoms with Gasteiger partial charge in [-0.3, -0.25) is 0 Å². The van der Waals surface area contributed by atoms with Gasteiger partial charge < -0.3 is 4.74 Å². The fourth-order valence-electron chi connectivity index (χ4n) is 2.80. The summed E-state index contributed by atoms with van der Waals surface area (Å²) in [5, 5.41) is 0. The standard InChI is InChI=1S/C15H22O/c1-15(2,3)14-9-10-16-11-13(14)12-7-5-4-6-8-12/h4-8,13-14H,9-11H2,1-3H3. The summed E-state index contributed by atoms with van der Waals surface area (Å²) < 4.78 is 5.66. The Hall–Kier alpha value is -0.820. The number of hydrogen-bond acceptors (Lipinski definition) is 1. The second-order valence-electron chi connectivity index (χ2n) is 5.85. The summed E-state index contributed by atoms with van der Waals surface area (Å²) in [6.45, 7) is 8.84. The molecule has 1 aromatic carbocycles. The lowest BCUT2D eigenvalue weighted by Crippen LogP contribution is -2.34. The van der Waals surface area contributed by atoms with E-state index in [9.17, 15) is 0 Å². The van der Waals surface area contributed by atoms with Crippen molar-refractivity contribution in [2.75, 3.05) is 13.2 Å². The monoisotopic (exact) mass is 218 g/mol. The molecule has 1 heterocycles. The molecule has 1 saturated heterocycles. The molecule has 88 valence electrons. The number of hydrogen-bond donors (Lipinski definition) is 0. The van der Waals surface area contributed by atoms with Gasteiger partial charge in [-0.2, -0.15) is 0 Å². The second-order valence-corrected chi connectivity index (χ2v) is 5.85. The van der Waals surface area contributed by atoms with Gasteiger partial charge in [0.1, 0.15) is 0 Å². The third-order valence-electron chi connectivity index (χ3n) is 3.70. The van der Waals surface area contributed by atoms with Crippen LogP contribution in [0.5, 0.6) is 0 Å². The first-order chi connectivity index (χ1) is 7.59. The molecule has 0 saturated carbocycles. The molecular weight excluding hydrogens is 196 g/mol. The molecule has 1 aliphatic heterocycles. The minimum absolute atomic E-state index is 0.365. The van der Waals surface area contributed by atoms with Crippen LogP contribution >= 0.6 is 0 Å². The molecule has 1 fully saturated rings. The molecule has 2 unspecified atom stereocenters. The van der Waals surface area contributed by atoms with Gasteiger partial charge in [0.05, 0.1) is 6.61 Å². The molecule has 1 heteroatoms. The van der Waals surface area contributed by atoms with Crippen LogP contribution in [0.4, 0.5) is 0 Å². The lowest BCUT2D eigenvalue weighted by Gasteiger charge is -2.40. The van der Waals surface area contributed by atoms with Crippen LogP contribution in [0.3, 0.4) is 0 Å². The highest BCUT2D eigenvalue weighted by atomic mass is 16.5. The first kappa shape index (κ1) is 11.7. The first-order valence-electron chi connectivity index (χ1n) is 6.22. The van der Waals surface area contributed by atoms with E-state index >= 15 is 0 Å². The van der Waals surface area contributed by atoms with Gasteiger partial charge >= 0.3 is 0 Å². The van der Waals surface area contributed by atoms with Crippen molar-refractivity contribution in [3.05, 3.63) is 35.9 Å². The Bertz CT molecular complexity index is 323. The summed E-state index contributed by atoms with van der Waals surface area (Å²) in [5.74, 6) is 1.29. The first-order valence-corrected chi connectivity index (χ1v) is 6.22. The summed E-state index contributed by atoms with van der Waals surface area (Å²) in [6.07, 6.45) is 1.18. The van der Waals surface area contributed by atoms with E-state index < -0.39 is 0 Å². The van der Waals surface area contributed by atoms with Crippen LogP contribution in [0.2, 0.25) is 0 Å². The lowest BCUT2D eigenvalue weighted by atomic mass is 9.69. The van der Waals surface area contributed by atoms with Gasteiger partial charge in [-0.15, -0.1) is 0 Å². The average molecular weight is 218 g/mol. The molecule has 0 N–H and O–H groups in total. The molecule has 2 rings (SSSR count). The van der Waals surface area contributed by atoms with E-state index in [1.807, 2.05) is 0 Å². The quantitative estimate of drug-likeness (QED) is 0.695. The van der Waals surface area contributed by atoms with Crippen LogP contribution in [0.1, 0.15) is 38.7 Å². The van der Waals surface area contributed by atoms with Gasteiger partial charge in [-0.05, 0) is 23.3 Å². The van der Waals surface area contributed by atoms with Crippen molar-refractivity contribution in [3.63, 3.8) is 0 Å². The van der Waals surface area contributed by atoms with Crippen LogP contribution < -0.4 is 0 Å². The van der Waals surface area contributed by atoms with Crippen LogP contribution in [-0.4, -0.2) is 13.2 Å². The maximum Gasteiger partial charge on any atom is 0.0537 e. The lowest BCUT2D eigenvalue weighted by molar-refractivity contribution is 0.00799. The van der Waals surface area contributed by atoms with Crippen LogP contribution in [0, 0.1) is 11.3 Å². The smallest absolute Gasteiger partial charge is 0.0537 e. The Morgan fingerprint density at radius 1 is 1.12 bits per heavy atom. The second kappa shape index (κ2) is 4.58. The van der Waals surface area contributed by atoms with Gasteiger partial charge in [-0.25, -0.2) is 0 Å². The SMILES string of the molecule is CC(C)(C)C1CCOCC1c1ccccc1. The van der Waals surface area contributed by atoms with E-state index in [2.05, 4.69) is 51.1 Å². The molecule has 0 radical (unpaired) electrons. The fraction of sp³-hybridized carbons (Fsp3) is 0.600. The molecule has 16 heavy (non-hydrogen) atoms. The topological polar surface area (TPSA) is 9.23 Å². The van der Waals surface area contributed by atoms with Crippen LogP contribution in [0.25, 0.3) is 0 Å². The normalized spacial score (nSPS) is 26.7. The van der Waals surface area contributed by atoms with Crippen molar-refractivity contribution in [3.8, 4) is 0 Å². The highest BCUT2D eigenvalue weighted by Gasteiger charge is 2.35. The molecule has 2 atom stereocenters. The summed E-state index contributed by atoms with van der Waals surface area (Å²) in [6, 6.07) is 10.8. The van der Waals surface area contributed by atoms with E-state index in [4.69, 9.17) is 4.74 Å². The van der Waals surface area contributed by atoms with E-state index in [0.717, 1.165) is 19.1 Å². The molecule has 0 bridgehead atoms. The van der Waals surface area contributed by atoms with E-state index in [1.165, 1.54) is 12.0 Å². The predicted molar refractivity (Wildman–Crippen MR) is 67.6 cm³/mol. The van der Waals surface area contributed by atoms with Gasteiger partial charge in [-0.1, -0.05) is 51.1 Å². The van der Waals surface area contributed by atoms with E-state index in [0.29, 0.717) is 11.3 Å². The Morgan fingerprint density at radius 2 is 1.81 bits per heavy atom. The van der Waals surface area contributed by atoms with E-state index in [1.54, 1.807) is 0 Å². The number of rotatable bonds is 1. The number of ether oxygens (including phenoxy) is 1. The summed E-state index contributed by atoms with van der Waals surface area (Å²) in [7, 11) is 0. The molecular formula is C15H22O. The molecule has 1 nitrogen and oxygen atoms in total. The fourth-order valence-corrected chi connectivity index (χ4v) is 2.80. The van der Waals surface area contributed by atoms with E-state index in [-0.39, 0.29) is 0 Å². The molecule has 0 aliphatic carbocycles. The minimum Gasteiger partial charge on any atom is -0.381 e. The predicted octanol–water partition coefficient (Wildman–Crippen LogP) is 3.85. The van der Waals surface area contributed by atoms with Gasteiger partial charge in [0.15, 0.2) is 0 Å². The summed E-state index contributed by atoms with van der Waals surface area (Å²) in [4.78, 5) is 0. The Balaban J connectivity index is 2.24. The molecule has 0 aromatic heterocycles. The van der Waals surface area contributed by atoms with Crippen molar-refractivity contribution in [1.29, 1.82) is 0 Å². The molecule has 0 amide bonds. The zero-order chi connectivity index (χ0) is 11.6. The zero-order valence-corrected chi connectivity index (χ0v) is 10.6. The number of benzene rings is 1. The summed E-state index contributed by atoms with van der Waals surface area (Å²) >= 11 is 0. The maximum atomic E-state index is 5.66.